The van der Waals surface area contributed by atoms with E-state index in [2.05, 4.69) is 5.32 Å². The maximum Gasteiger partial charge on any atom is 0.126 e. The second-order valence-electron chi connectivity index (χ2n) is 5.06. The highest BCUT2D eigenvalue weighted by Gasteiger charge is 2.15. The SMILES string of the molecule is CCNC(Cc1cc(F)ccc1Cl)c1ccc(C)c(F)c1. The van der Waals surface area contributed by atoms with Crippen LogP contribution in [0.2, 0.25) is 5.02 Å². The first kappa shape index (κ1) is 15.9. The molecule has 0 spiro atoms. The Hall–Kier alpha value is -1.45. The average molecular weight is 310 g/mol. The zero-order valence-electron chi connectivity index (χ0n) is 12.1. The first-order valence-corrected chi connectivity index (χ1v) is 7.32. The van der Waals surface area contributed by atoms with Crippen LogP contribution >= 0.6 is 11.6 Å². The van der Waals surface area contributed by atoms with Crippen molar-refractivity contribution in [2.45, 2.75) is 26.3 Å². The minimum Gasteiger partial charge on any atom is -0.310 e. The molecule has 0 radical (unpaired) electrons. The van der Waals surface area contributed by atoms with Gasteiger partial charge in [0.25, 0.3) is 0 Å². The molecule has 0 aliphatic carbocycles. The van der Waals surface area contributed by atoms with Crippen LogP contribution < -0.4 is 5.32 Å². The molecule has 0 saturated carbocycles. The van der Waals surface area contributed by atoms with Crippen molar-refractivity contribution in [3.63, 3.8) is 0 Å². The predicted molar refractivity (Wildman–Crippen MR) is 82.7 cm³/mol. The van der Waals surface area contributed by atoms with Crippen molar-refractivity contribution in [3.05, 3.63) is 69.7 Å². The molecule has 1 atom stereocenters. The van der Waals surface area contributed by atoms with Crippen LogP contribution in [0.3, 0.4) is 0 Å². The van der Waals surface area contributed by atoms with Crippen LogP contribution in [0.5, 0.6) is 0 Å². The first-order chi connectivity index (χ1) is 10.0. The Morgan fingerprint density at radius 2 is 1.90 bits per heavy atom. The Labute approximate surface area is 128 Å². The van der Waals surface area contributed by atoms with Gasteiger partial charge < -0.3 is 5.32 Å². The zero-order chi connectivity index (χ0) is 15.4. The average Bonchev–Trinajstić information content (AvgIpc) is 2.45. The number of halogens is 3. The predicted octanol–water partition coefficient (Wildman–Crippen LogP) is 4.82. The summed E-state index contributed by atoms with van der Waals surface area (Å²) in [5.41, 5.74) is 2.15. The minimum absolute atomic E-state index is 0.107. The number of likely N-dealkylation sites (N-methyl/N-ethyl adjacent to an activating group) is 1. The Kier molecular flexibility index (Phi) is 5.32. The highest BCUT2D eigenvalue weighted by Crippen LogP contribution is 2.25. The fraction of sp³-hybridized carbons (Fsp3) is 0.294. The number of hydrogen-bond acceptors (Lipinski definition) is 1. The van der Waals surface area contributed by atoms with Crippen molar-refractivity contribution in [1.29, 1.82) is 0 Å². The number of rotatable bonds is 5. The Bertz CT molecular complexity index is 628. The van der Waals surface area contributed by atoms with E-state index in [0.717, 1.165) is 12.1 Å². The van der Waals surface area contributed by atoms with Crippen LogP contribution in [0.25, 0.3) is 0 Å². The molecular formula is C17H18ClF2N. The van der Waals surface area contributed by atoms with Gasteiger partial charge in [0.1, 0.15) is 11.6 Å². The van der Waals surface area contributed by atoms with E-state index < -0.39 is 0 Å². The molecule has 0 saturated heterocycles. The molecule has 0 amide bonds. The van der Waals surface area contributed by atoms with E-state index in [1.165, 1.54) is 18.2 Å². The van der Waals surface area contributed by atoms with Gasteiger partial charge in [0.05, 0.1) is 0 Å². The Balaban J connectivity index is 2.30. The molecule has 2 rings (SSSR count). The van der Waals surface area contributed by atoms with E-state index in [4.69, 9.17) is 11.6 Å². The summed E-state index contributed by atoms with van der Waals surface area (Å²) in [5.74, 6) is -0.555. The van der Waals surface area contributed by atoms with Gasteiger partial charge in [0, 0.05) is 11.1 Å². The van der Waals surface area contributed by atoms with Crippen LogP contribution in [0.4, 0.5) is 8.78 Å². The standard InChI is InChI=1S/C17H18ClF2N/c1-3-21-17(12-5-4-11(2)16(20)9-12)10-13-8-14(19)6-7-15(13)18/h4-9,17,21H,3,10H2,1-2H3. The molecule has 0 aliphatic rings. The molecule has 112 valence electrons. The second-order valence-corrected chi connectivity index (χ2v) is 5.47. The molecule has 21 heavy (non-hydrogen) atoms. The highest BCUT2D eigenvalue weighted by atomic mass is 35.5. The number of aryl methyl sites for hydroxylation is 1. The van der Waals surface area contributed by atoms with Gasteiger partial charge in [0.15, 0.2) is 0 Å². The van der Waals surface area contributed by atoms with Crippen LogP contribution in [0.15, 0.2) is 36.4 Å². The van der Waals surface area contributed by atoms with Crippen molar-refractivity contribution in [2.24, 2.45) is 0 Å². The van der Waals surface area contributed by atoms with E-state index in [9.17, 15) is 8.78 Å². The van der Waals surface area contributed by atoms with Gasteiger partial charge in [-0.25, -0.2) is 8.78 Å². The Morgan fingerprint density at radius 3 is 2.57 bits per heavy atom. The lowest BCUT2D eigenvalue weighted by atomic mass is 9.97. The third-order valence-electron chi connectivity index (χ3n) is 3.48. The Morgan fingerprint density at radius 1 is 1.14 bits per heavy atom. The largest absolute Gasteiger partial charge is 0.310 e. The summed E-state index contributed by atoms with van der Waals surface area (Å²) in [6, 6.07) is 9.36. The summed E-state index contributed by atoms with van der Waals surface area (Å²) < 4.78 is 27.1. The molecule has 0 aliphatic heterocycles. The lowest BCUT2D eigenvalue weighted by Crippen LogP contribution is -2.23. The summed E-state index contributed by atoms with van der Waals surface area (Å²) in [5, 5.41) is 3.81. The summed E-state index contributed by atoms with van der Waals surface area (Å²) in [4.78, 5) is 0. The summed E-state index contributed by atoms with van der Waals surface area (Å²) >= 11 is 6.12. The van der Waals surface area contributed by atoms with E-state index in [-0.39, 0.29) is 17.7 Å². The molecule has 1 N–H and O–H groups in total. The van der Waals surface area contributed by atoms with Crippen molar-refractivity contribution >= 4 is 11.6 Å². The number of nitrogens with one attached hydrogen (secondary N) is 1. The maximum absolute atomic E-state index is 13.7. The third-order valence-corrected chi connectivity index (χ3v) is 3.85. The van der Waals surface area contributed by atoms with Gasteiger partial charge >= 0.3 is 0 Å². The summed E-state index contributed by atoms with van der Waals surface area (Å²) in [6.07, 6.45) is 0.507. The van der Waals surface area contributed by atoms with Crippen molar-refractivity contribution in [1.82, 2.24) is 5.32 Å². The molecule has 4 heteroatoms. The fourth-order valence-corrected chi connectivity index (χ4v) is 2.49. The van der Waals surface area contributed by atoms with Gasteiger partial charge in [-0.3, -0.25) is 0 Å². The van der Waals surface area contributed by atoms with E-state index >= 15 is 0 Å². The lowest BCUT2D eigenvalue weighted by Gasteiger charge is -2.19. The molecule has 0 aromatic heterocycles. The molecule has 0 bridgehead atoms. The van der Waals surface area contributed by atoms with E-state index in [0.29, 0.717) is 22.6 Å². The molecule has 1 unspecified atom stereocenters. The molecule has 2 aromatic rings. The monoisotopic (exact) mass is 309 g/mol. The number of benzene rings is 2. The van der Waals surface area contributed by atoms with Crippen LogP contribution in [0.1, 0.15) is 29.7 Å². The van der Waals surface area contributed by atoms with Crippen LogP contribution in [0, 0.1) is 18.6 Å². The highest BCUT2D eigenvalue weighted by molar-refractivity contribution is 6.31. The van der Waals surface area contributed by atoms with Crippen molar-refractivity contribution in [3.8, 4) is 0 Å². The van der Waals surface area contributed by atoms with Gasteiger partial charge in [0.2, 0.25) is 0 Å². The quantitative estimate of drug-likeness (QED) is 0.835. The normalized spacial score (nSPS) is 12.4. The van der Waals surface area contributed by atoms with Crippen LogP contribution in [-0.4, -0.2) is 6.54 Å². The summed E-state index contributed by atoms with van der Waals surface area (Å²) in [6.45, 7) is 4.43. The molecule has 2 aromatic carbocycles. The first-order valence-electron chi connectivity index (χ1n) is 6.94. The molecule has 0 fully saturated rings. The second kappa shape index (κ2) is 7.01. The topological polar surface area (TPSA) is 12.0 Å². The van der Waals surface area contributed by atoms with Gasteiger partial charge in [-0.15, -0.1) is 0 Å². The number of hydrogen-bond donors (Lipinski definition) is 1. The van der Waals surface area contributed by atoms with Gasteiger partial charge in [-0.1, -0.05) is 30.7 Å². The molecular weight excluding hydrogens is 292 g/mol. The molecule has 0 heterocycles. The lowest BCUT2D eigenvalue weighted by molar-refractivity contribution is 0.539. The van der Waals surface area contributed by atoms with Crippen molar-refractivity contribution < 1.29 is 8.78 Å². The minimum atomic E-state index is -0.320. The van der Waals surface area contributed by atoms with E-state index in [1.807, 2.05) is 13.0 Å². The fourth-order valence-electron chi connectivity index (χ4n) is 2.30. The zero-order valence-corrected chi connectivity index (χ0v) is 12.8. The molecule has 1 nitrogen and oxygen atoms in total. The van der Waals surface area contributed by atoms with Crippen LogP contribution in [-0.2, 0) is 6.42 Å². The third kappa shape index (κ3) is 4.02. The maximum atomic E-state index is 13.7. The van der Waals surface area contributed by atoms with Gasteiger partial charge in [-0.2, -0.15) is 0 Å². The van der Waals surface area contributed by atoms with Crippen molar-refractivity contribution in [2.75, 3.05) is 6.54 Å². The van der Waals surface area contributed by atoms with Gasteiger partial charge in [-0.05, 0) is 60.8 Å². The van der Waals surface area contributed by atoms with E-state index in [1.54, 1.807) is 19.1 Å². The smallest absolute Gasteiger partial charge is 0.126 e. The summed E-state index contributed by atoms with van der Waals surface area (Å²) in [7, 11) is 0.